The lowest BCUT2D eigenvalue weighted by Crippen LogP contribution is -2.48. The van der Waals surface area contributed by atoms with Crippen molar-refractivity contribution in [1.82, 2.24) is 10.2 Å². The fraction of sp³-hybridized carbons (Fsp3) is 0.640. The van der Waals surface area contributed by atoms with Crippen molar-refractivity contribution < 1.29 is 19.6 Å². The molecule has 0 spiro atoms. The Kier molecular flexibility index (Phi) is 10.4. The van der Waals surface area contributed by atoms with Crippen LogP contribution >= 0.6 is 0 Å². The molecule has 0 radical (unpaired) electrons. The van der Waals surface area contributed by atoms with E-state index in [0.717, 1.165) is 24.8 Å². The van der Waals surface area contributed by atoms with Crippen molar-refractivity contribution in [2.24, 2.45) is 17.3 Å². The molecule has 1 saturated heterocycles. The molecule has 1 heterocycles. The molecule has 33 heavy (non-hydrogen) atoms. The summed E-state index contributed by atoms with van der Waals surface area (Å²) in [6, 6.07) is 11.7. The van der Waals surface area contributed by atoms with Gasteiger partial charge in [-0.2, -0.15) is 5.26 Å². The van der Waals surface area contributed by atoms with Crippen LogP contribution < -0.4 is 5.32 Å². The summed E-state index contributed by atoms with van der Waals surface area (Å²) in [6.45, 7) is 7.10. The van der Waals surface area contributed by atoms with E-state index in [-0.39, 0.29) is 17.7 Å². The molecule has 0 bridgehead atoms. The molecule has 1 fully saturated rings. The Morgan fingerprint density at radius 2 is 1.88 bits per heavy atom. The second kappa shape index (κ2) is 12.8. The van der Waals surface area contributed by atoms with E-state index in [1.54, 1.807) is 6.92 Å². The van der Waals surface area contributed by atoms with Crippen molar-refractivity contribution in [3.8, 4) is 6.07 Å². The molecule has 1 aliphatic heterocycles. The molecule has 1 aromatic carbocycles. The van der Waals surface area contributed by atoms with Crippen molar-refractivity contribution in [3.05, 3.63) is 35.9 Å². The molecule has 1 aromatic rings. The summed E-state index contributed by atoms with van der Waals surface area (Å²) in [4.78, 5) is 27.1. The quantitative estimate of drug-likeness (QED) is 0.444. The first-order chi connectivity index (χ1) is 15.6. The second-order valence-electron chi connectivity index (χ2n) is 9.95. The van der Waals surface area contributed by atoms with Gasteiger partial charge in [0.05, 0.1) is 12.0 Å². The van der Waals surface area contributed by atoms with E-state index in [0.29, 0.717) is 44.7 Å². The van der Waals surface area contributed by atoms with Gasteiger partial charge in [-0.25, -0.2) is 0 Å². The molecular formula is C25H38BN3O4. The van der Waals surface area contributed by atoms with Gasteiger partial charge < -0.3 is 20.3 Å². The number of nitrogens with one attached hydrogen (secondary N) is 1. The summed E-state index contributed by atoms with van der Waals surface area (Å²) in [7, 11) is -1.62. The zero-order valence-electron chi connectivity index (χ0n) is 20.2. The van der Waals surface area contributed by atoms with E-state index >= 15 is 0 Å². The summed E-state index contributed by atoms with van der Waals surface area (Å²) in [5, 5.41) is 31.6. The maximum absolute atomic E-state index is 12.9. The van der Waals surface area contributed by atoms with Crippen LogP contribution in [0, 0.1) is 28.6 Å². The van der Waals surface area contributed by atoms with Crippen molar-refractivity contribution in [2.45, 2.75) is 71.7 Å². The number of hydrogen-bond acceptors (Lipinski definition) is 5. The van der Waals surface area contributed by atoms with Crippen LogP contribution in [0.3, 0.4) is 0 Å². The topological polar surface area (TPSA) is 114 Å². The maximum Gasteiger partial charge on any atom is 0.475 e. The van der Waals surface area contributed by atoms with Gasteiger partial charge in [0.1, 0.15) is 5.41 Å². The molecule has 2 rings (SSSR count). The van der Waals surface area contributed by atoms with E-state index in [9.17, 15) is 24.9 Å². The summed E-state index contributed by atoms with van der Waals surface area (Å²) in [6.07, 6.45) is 4.61. The van der Waals surface area contributed by atoms with E-state index in [1.165, 1.54) is 0 Å². The zero-order chi connectivity index (χ0) is 24.4. The maximum atomic E-state index is 12.9. The van der Waals surface area contributed by atoms with Gasteiger partial charge in [0.2, 0.25) is 11.8 Å². The molecule has 2 amide bonds. The molecule has 0 saturated carbocycles. The van der Waals surface area contributed by atoms with Gasteiger partial charge in [0, 0.05) is 19.5 Å². The van der Waals surface area contributed by atoms with E-state index < -0.39 is 18.5 Å². The number of nitrogens with zero attached hydrogens (tertiary/aromatic N) is 2. The standard InChI is InChI=1S/C25H38BN3O4/c1-19(2)17-25(3,18-27)24(31)29-14-12-20(13-15-29)10-7-11-23(30)28-22(26(32)33)16-21-8-5-4-6-9-21/h4-6,8-9,19-20,22,32-33H,7,10-17H2,1-3H3,(H,28,30)/t22-,25+/m0/s1. The summed E-state index contributed by atoms with van der Waals surface area (Å²) in [5.74, 6) is -0.265. The minimum Gasteiger partial charge on any atom is -0.426 e. The number of hydrogen-bond donors (Lipinski definition) is 3. The first kappa shape index (κ1) is 26.9. The predicted molar refractivity (Wildman–Crippen MR) is 129 cm³/mol. The average Bonchev–Trinajstić information content (AvgIpc) is 2.78. The first-order valence-electron chi connectivity index (χ1n) is 12.0. The van der Waals surface area contributed by atoms with Gasteiger partial charge in [-0.05, 0) is 62.8 Å². The molecule has 7 nitrogen and oxygen atoms in total. The van der Waals surface area contributed by atoms with Crippen LogP contribution in [0.4, 0.5) is 0 Å². The Hall–Kier alpha value is -2.37. The Morgan fingerprint density at radius 1 is 1.24 bits per heavy atom. The molecular weight excluding hydrogens is 417 g/mol. The van der Waals surface area contributed by atoms with E-state index in [1.807, 2.05) is 49.1 Å². The zero-order valence-corrected chi connectivity index (χ0v) is 20.2. The van der Waals surface area contributed by atoms with Gasteiger partial charge in [-0.1, -0.05) is 44.2 Å². The van der Waals surface area contributed by atoms with Gasteiger partial charge in [0.15, 0.2) is 0 Å². The van der Waals surface area contributed by atoms with Gasteiger partial charge in [-0.15, -0.1) is 0 Å². The van der Waals surface area contributed by atoms with E-state index in [4.69, 9.17) is 0 Å². The number of benzene rings is 1. The van der Waals surface area contributed by atoms with Crippen molar-refractivity contribution in [1.29, 1.82) is 5.26 Å². The Balaban J connectivity index is 1.73. The van der Waals surface area contributed by atoms with Crippen LogP contribution in [0.2, 0.25) is 0 Å². The number of piperidine rings is 1. The third-order valence-corrected chi connectivity index (χ3v) is 6.46. The number of nitriles is 1. The number of carbonyl (C=O) groups excluding carboxylic acids is 2. The highest BCUT2D eigenvalue weighted by Crippen LogP contribution is 2.31. The Morgan fingerprint density at radius 3 is 2.42 bits per heavy atom. The van der Waals surface area contributed by atoms with Gasteiger partial charge in [0.25, 0.3) is 0 Å². The van der Waals surface area contributed by atoms with Crippen LogP contribution in [0.25, 0.3) is 0 Å². The van der Waals surface area contributed by atoms with Crippen molar-refractivity contribution in [2.75, 3.05) is 13.1 Å². The highest BCUT2D eigenvalue weighted by atomic mass is 16.4. The van der Waals surface area contributed by atoms with Crippen molar-refractivity contribution >= 4 is 18.9 Å². The lowest BCUT2D eigenvalue weighted by atomic mass is 9.76. The van der Waals surface area contributed by atoms with Crippen LogP contribution in [0.15, 0.2) is 30.3 Å². The number of amides is 2. The van der Waals surface area contributed by atoms with Crippen molar-refractivity contribution in [3.63, 3.8) is 0 Å². The minimum absolute atomic E-state index is 0.0662. The van der Waals surface area contributed by atoms with Crippen LogP contribution in [0.5, 0.6) is 0 Å². The molecule has 2 atom stereocenters. The minimum atomic E-state index is -1.62. The third-order valence-electron chi connectivity index (χ3n) is 6.46. The van der Waals surface area contributed by atoms with Gasteiger partial charge >= 0.3 is 7.12 Å². The normalized spacial score (nSPS) is 17.2. The first-order valence-corrected chi connectivity index (χ1v) is 12.0. The monoisotopic (exact) mass is 455 g/mol. The predicted octanol–water partition coefficient (Wildman–Crippen LogP) is 2.71. The van der Waals surface area contributed by atoms with E-state index in [2.05, 4.69) is 11.4 Å². The fourth-order valence-corrected chi connectivity index (χ4v) is 4.70. The number of likely N-dealkylation sites (tertiary alicyclic amines) is 1. The lowest BCUT2D eigenvalue weighted by molar-refractivity contribution is -0.140. The Labute approximate surface area is 198 Å². The number of rotatable bonds is 11. The summed E-state index contributed by atoms with van der Waals surface area (Å²) < 4.78 is 0. The molecule has 180 valence electrons. The van der Waals surface area contributed by atoms with Gasteiger partial charge in [-0.3, -0.25) is 9.59 Å². The molecule has 0 unspecified atom stereocenters. The third kappa shape index (κ3) is 8.49. The highest BCUT2D eigenvalue weighted by molar-refractivity contribution is 6.43. The molecule has 3 N–H and O–H groups in total. The fourth-order valence-electron chi connectivity index (χ4n) is 4.70. The number of carbonyl (C=O) groups is 2. The smallest absolute Gasteiger partial charge is 0.426 e. The molecule has 8 heteroatoms. The summed E-state index contributed by atoms with van der Waals surface area (Å²) in [5.41, 5.74) is -0.0368. The average molecular weight is 455 g/mol. The largest absolute Gasteiger partial charge is 0.475 e. The van der Waals surface area contributed by atoms with Crippen LogP contribution in [0.1, 0.15) is 64.9 Å². The molecule has 0 aromatic heterocycles. The summed E-state index contributed by atoms with van der Waals surface area (Å²) >= 11 is 0. The SMILES string of the molecule is CC(C)C[C@](C)(C#N)C(=O)N1CCC(CCCC(=O)N[C@@H](Cc2ccccc2)B(O)O)CC1. The Bertz CT molecular complexity index is 804. The lowest BCUT2D eigenvalue weighted by Gasteiger charge is -2.36. The highest BCUT2D eigenvalue weighted by Gasteiger charge is 2.38. The second-order valence-corrected chi connectivity index (χ2v) is 9.95. The van der Waals surface area contributed by atoms with Crippen LogP contribution in [-0.2, 0) is 16.0 Å². The van der Waals surface area contributed by atoms with Crippen LogP contribution in [-0.4, -0.2) is 52.9 Å². The molecule has 1 aliphatic rings. The molecule has 0 aliphatic carbocycles.